The molecule has 1 fully saturated rings. The maximum Gasteiger partial charge on any atom is 0.254 e. The molecule has 0 aliphatic carbocycles. The fourth-order valence-electron chi connectivity index (χ4n) is 2.87. The van der Waals surface area contributed by atoms with Gasteiger partial charge in [-0.05, 0) is 37.3 Å². The summed E-state index contributed by atoms with van der Waals surface area (Å²) < 4.78 is 27.8. The minimum Gasteiger partial charge on any atom is -0.325 e. The summed E-state index contributed by atoms with van der Waals surface area (Å²) >= 11 is 3.32. The van der Waals surface area contributed by atoms with Crippen molar-refractivity contribution in [3.05, 3.63) is 64.1 Å². The van der Waals surface area contributed by atoms with Crippen LogP contribution in [0.15, 0.2) is 46.9 Å². The van der Waals surface area contributed by atoms with Crippen LogP contribution in [0.2, 0.25) is 0 Å². The number of nitrogens with zero attached hydrogens (tertiary/aromatic N) is 2. The third kappa shape index (κ3) is 3.42. The molecule has 2 aromatic rings. The molecule has 0 bridgehead atoms. The predicted octanol–water partition coefficient (Wildman–Crippen LogP) is 3.60. The van der Waals surface area contributed by atoms with Crippen molar-refractivity contribution in [2.45, 2.75) is 13.0 Å². The van der Waals surface area contributed by atoms with Crippen LogP contribution < -0.4 is 4.90 Å². The van der Waals surface area contributed by atoms with Gasteiger partial charge in [0, 0.05) is 29.2 Å². The summed E-state index contributed by atoms with van der Waals surface area (Å²) in [7, 11) is 0. The molecule has 7 heteroatoms. The van der Waals surface area contributed by atoms with E-state index in [4.69, 9.17) is 0 Å². The van der Waals surface area contributed by atoms with Gasteiger partial charge in [0.05, 0.1) is 5.69 Å². The first-order valence-electron chi connectivity index (χ1n) is 7.71. The molecule has 130 valence electrons. The maximum absolute atomic E-state index is 14.0. The minimum absolute atomic E-state index is 0.0211. The largest absolute Gasteiger partial charge is 0.325 e. The second kappa shape index (κ2) is 6.92. The van der Waals surface area contributed by atoms with E-state index in [1.807, 2.05) is 0 Å². The maximum atomic E-state index is 14.0. The predicted molar refractivity (Wildman–Crippen MR) is 93.4 cm³/mol. The molecular weight excluding hydrogens is 394 g/mol. The molecule has 0 radical (unpaired) electrons. The van der Waals surface area contributed by atoms with E-state index < -0.39 is 23.6 Å². The van der Waals surface area contributed by atoms with Gasteiger partial charge in [0.2, 0.25) is 5.91 Å². The van der Waals surface area contributed by atoms with Crippen molar-refractivity contribution in [2.24, 2.45) is 0 Å². The number of carbonyl (C=O) groups excluding carboxylic acids is 2. The van der Waals surface area contributed by atoms with Crippen LogP contribution in [0.5, 0.6) is 0 Å². The third-order valence-electron chi connectivity index (χ3n) is 4.19. The highest BCUT2D eigenvalue weighted by molar-refractivity contribution is 9.10. The van der Waals surface area contributed by atoms with Gasteiger partial charge in [-0.3, -0.25) is 9.59 Å². The van der Waals surface area contributed by atoms with Crippen molar-refractivity contribution in [1.29, 1.82) is 0 Å². The fraction of sp³-hybridized carbons (Fsp3) is 0.222. The first-order valence-corrected chi connectivity index (χ1v) is 8.51. The molecule has 3 rings (SSSR count). The van der Waals surface area contributed by atoms with Crippen LogP contribution in [-0.2, 0) is 4.79 Å². The lowest BCUT2D eigenvalue weighted by Crippen LogP contribution is -2.58. The third-order valence-corrected chi connectivity index (χ3v) is 4.68. The lowest BCUT2D eigenvalue weighted by molar-refractivity contribution is -0.124. The Bertz CT molecular complexity index is 844. The molecule has 1 atom stereocenters. The van der Waals surface area contributed by atoms with Gasteiger partial charge in [-0.1, -0.05) is 22.0 Å². The minimum atomic E-state index is -0.799. The van der Waals surface area contributed by atoms with Crippen LogP contribution in [0.25, 0.3) is 0 Å². The molecule has 0 aromatic heterocycles. The normalized spacial score (nSPS) is 17.8. The number of amides is 2. The molecule has 1 heterocycles. The van der Waals surface area contributed by atoms with Gasteiger partial charge in [-0.25, -0.2) is 8.78 Å². The number of benzene rings is 2. The molecule has 0 spiro atoms. The highest BCUT2D eigenvalue weighted by atomic mass is 79.9. The lowest BCUT2D eigenvalue weighted by atomic mass is 10.1. The molecule has 1 saturated heterocycles. The van der Waals surface area contributed by atoms with E-state index in [2.05, 4.69) is 15.9 Å². The topological polar surface area (TPSA) is 40.6 Å². The molecular formula is C18H15BrF2N2O2. The first-order chi connectivity index (χ1) is 11.9. The standard InChI is InChI=1S/C18H15BrF2N2O2/c1-11-17(24)23(16-6-5-14(20)10-15(16)21)8-7-22(11)18(25)12-3-2-4-13(19)9-12/h2-6,9-11H,7-8H2,1H3. The second-order valence-electron chi connectivity index (χ2n) is 5.77. The molecule has 1 aliphatic rings. The Morgan fingerprint density at radius 2 is 1.92 bits per heavy atom. The number of anilines is 1. The van der Waals surface area contributed by atoms with Crippen molar-refractivity contribution in [3.63, 3.8) is 0 Å². The Hall–Kier alpha value is -2.28. The average molecular weight is 409 g/mol. The van der Waals surface area contributed by atoms with E-state index in [-0.39, 0.29) is 24.7 Å². The zero-order chi connectivity index (χ0) is 18.1. The molecule has 0 saturated carbocycles. The number of hydrogen-bond acceptors (Lipinski definition) is 2. The van der Waals surface area contributed by atoms with Crippen LogP contribution in [0.1, 0.15) is 17.3 Å². The Balaban J connectivity index is 1.83. The Kier molecular flexibility index (Phi) is 4.85. The lowest BCUT2D eigenvalue weighted by Gasteiger charge is -2.39. The van der Waals surface area contributed by atoms with E-state index in [1.54, 1.807) is 31.2 Å². The van der Waals surface area contributed by atoms with Gasteiger partial charge in [0.15, 0.2) is 0 Å². The number of carbonyl (C=O) groups is 2. The van der Waals surface area contributed by atoms with Crippen molar-refractivity contribution in [3.8, 4) is 0 Å². The SMILES string of the molecule is CC1C(=O)N(c2ccc(F)cc2F)CCN1C(=O)c1cccc(Br)c1. The van der Waals surface area contributed by atoms with E-state index in [0.29, 0.717) is 5.56 Å². The summed E-state index contributed by atoms with van der Waals surface area (Å²) in [6.45, 7) is 2.01. The Labute approximate surface area is 152 Å². The molecule has 4 nitrogen and oxygen atoms in total. The quantitative estimate of drug-likeness (QED) is 0.761. The van der Waals surface area contributed by atoms with Crippen molar-refractivity contribution in [1.82, 2.24) is 4.90 Å². The fourth-order valence-corrected chi connectivity index (χ4v) is 3.27. The number of halogens is 3. The zero-order valence-electron chi connectivity index (χ0n) is 13.4. The Morgan fingerprint density at radius 3 is 2.60 bits per heavy atom. The van der Waals surface area contributed by atoms with Gasteiger partial charge in [-0.2, -0.15) is 0 Å². The van der Waals surface area contributed by atoms with E-state index >= 15 is 0 Å². The number of piperazine rings is 1. The van der Waals surface area contributed by atoms with Gasteiger partial charge in [0.1, 0.15) is 17.7 Å². The van der Waals surface area contributed by atoms with Crippen LogP contribution in [0.3, 0.4) is 0 Å². The molecule has 2 amide bonds. The molecule has 1 aliphatic heterocycles. The van der Waals surface area contributed by atoms with Crippen molar-refractivity contribution < 1.29 is 18.4 Å². The number of hydrogen-bond donors (Lipinski definition) is 0. The zero-order valence-corrected chi connectivity index (χ0v) is 15.0. The van der Waals surface area contributed by atoms with Gasteiger partial charge < -0.3 is 9.80 Å². The van der Waals surface area contributed by atoms with Gasteiger partial charge in [-0.15, -0.1) is 0 Å². The summed E-state index contributed by atoms with van der Waals surface area (Å²) in [5, 5.41) is 0. The van der Waals surface area contributed by atoms with Crippen LogP contribution >= 0.6 is 15.9 Å². The smallest absolute Gasteiger partial charge is 0.254 e. The van der Waals surface area contributed by atoms with Gasteiger partial charge >= 0.3 is 0 Å². The molecule has 25 heavy (non-hydrogen) atoms. The first kappa shape index (κ1) is 17.5. The second-order valence-corrected chi connectivity index (χ2v) is 6.69. The Morgan fingerprint density at radius 1 is 1.16 bits per heavy atom. The van der Waals surface area contributed by atoms with Crippen LogP contribution in [-0.4, -0.2) is 35.8 Å². The molecule has 1 unspecified atom stereocenters. The summed E-state index contributed by atoms with van der Waals surface area (Å²) in [5.41, 5.74) is 0.489. The highest BCUT2D eigenvalue weighted by Gasteiger charge is 2.36. The van der Waals surface area contributed by atoms with Crippen LogP contribution in [0.4, 0.5) is 14.5 Å². The summed E-state index contributed by atoms with van der Waals surface area (Å²) in [6.07, 6.45) is 0. The van der Waals surface area contributed by atoms with Crippen molar-refractivity contribution in [2.75, 3.05) is 18.0 Å². The van der Waals surface area contributed by atoms with E-state index in [1.165, 1.54) is 15.9 Å². The average Bonchev–Trinajstić information content (AvgIpc) is 2.57. The molecule has 0 N–H and O–H groups in total. The van der Waals surface area contributed by atoms with E-state index in [0.717, 1.165) is 16.6 Å². The van der Waals surface area contributed by atoms with Crippen LogP contribution in [0, 0.1) is 11.6 Å². The summed E-state index contributed by atoms with van der Waals surface area (Å²) in [5.74, 6) is -2.17. The number of rotatable bonds is 2. The van der Waals surface area contributed by atoms with Gasteiger partial charge in [0.25, 0.3) is 5.91 Å². The highest BCUT2D eigenvalue weighted by Crippen LogP contribution is 2.25. The summed E-state index contributed by atoms with van der Waals surface area (Å²) in [4.78, 5) is 28.0. The summed E-state index contributed by atoms with van der Waals surface area (Å²) in [6, 6.07) is 9.25. The van der Waals surface area contributed by atoms with E-state index in [9.17, 15) is 18.4 Å². The monoisotopic (exact) mass is 408 g/mol. The molecule has 2 aromatic carbocycles. The van der Waals surface area contributed by atoms with Crippen molar-refractivity contribution >= 4 is 33.4 Å².